The first-order chi connectivity index (χ1) is 6.22. The van der Waals surface area contributed by atoms with Crippen LogP contribution in [-0.2, 0) is 17.8 Å². The molecule has 1 rings (SSSR count). The molecule has 0 saturated carbocycles. The molecule has 0 aliphatic heterocycles. The number of nitrogens with one attached hydrogen (secondary N) is 1. The Morgan fingerprint density at radius 2 is 2.31 bits per heavy atom. The lowest BCUT2D eigenvalue weighted by Gasteiger charge is -2.02. The maximum Gasteiger partial charge on any atom is 0.217 e. The number of carbonyl (C=O) groups excluding carboxylic acids is 1. The fourth-order valence-electron chi connectivity index (χ4n) is 0.984. The molecule has 1 N–H and O–H groups in total. The molecule has 1 amide bonds. The number of carbonyl (C=O) groups is 1. The van der Waals surface area contributed by atoms with E-state index >= 15 is 0 Å². The Morgan fingerprint density at radius 3 is 2.77 bits per heavy atom. The maximum atomic E-state index is 10.6. The average molecular weight is 178 g/mol. The van der Waals surface area contributed by atoms with Gasteiger partial charge in [0.15, 0.2) is 0 Å². The summed E-state index contributed by atoms with van der Waals surface area (Å²) in [5.41, 5.74) is 2.11. The zero-order valence-corrected chi connectivity index (χ0v) is 8.00. The zero-order valence-electron chi connectivity index (χ0n) is 8.00. The molecule has 1 aromatic rings. The van der Waals surface area contributed by atoms with Crippen LogP contribution in [-0.4, -0.2) is 10.9 Å². The topological polar surface area (TPSA) is 42.0 Å². The Balaban J connectivity index is 2.54. The van der Waals surface area contributed by atoms with Gasteiger partial charge in [-0.3, -0.25) is 9.78 Å². The highest BCUT2D eigenvalue weighted by molar-refractivity contribution is 5.72. The second kappa shape index (κ2) is 4.60. The van der Waals surface area contributed by atoms with E-state index in [-0.39, 0.29) is 5.91 Å². The number of aromatic nitrogens is 1. The fraction of sp³-hybridized carbons (Fsp3) is 0.400. The minimum Gasteiger partial charge on any atom is -0.351 e. The van der Waals surface area contributed by atoms with Gasteiger partial charge in [-0.25, -0.2) is 0 Å². The quantitative estimate of drug-likeness (QED) is 0.757. The molecule has 0 radical (unpaired) electrons. The average Bonchev–Trinajstić information content (AvgIpc) is 2.15. The molecule has 0 bridgehead atoms. The van der Waals surface area contributed by atoms with Crippen LogP contribution in [0.25, 0.3) is 0 Å². The maximum absolute atomic E-state index is 10.6. The summed E-state index contributed by atoms with van der Waals surface area (Å²) in [7, 11) is 0. The third-order valence-electron chi connectivity index (χ3n) is 1.81. The highest BCUT2D eigenvalue weighted by Gasteiger charge is 1.95. The standard InChI is InChI=1S/C10H14N2O/c1-3-9-4-5-10(12-6-9)7-11-8(2)13/h4-6H,3,7H2,1-2H3,(H,11,13). The molecule has 0 saturated heterocycles. The molecule has 0 aliphatic rings. The lowest BCUT2D eigenvalue weighted by Crippen LogP contribution is -2.19. The first kappa shape index (κ1) is 9.71. The summed E-state index contributed by atoms with van der Waals surface area (Å²) in [4.78, 5) is 14.8. The minimum atomic E-state index is -0.0265. The van der Waals surface area contributed by atoms with Gasteiger partial charge in [-0.1, -0.05) is 13.0 Å². The van der Waals surface area contributed by atoms with Crippen LogP contribution in [0.1, 0.15) is 25.1 Å². The van der Waals surface area contributed by atoms with E-state index in [0.717, 1.165) is 12.1 Å². The molecule has 70 valence electrons. The third kappa shape index (κ3) is 3.23. The van der Waals surface area contributed by atoms with E-state index < -0.39 is 0 Å². The van der Waals surface area contributed by atoms with E-state index in [9.17, 15) is 4.79 Å². The van der Waals surface area contributed by atoms with Crippen molar-refractivity contribution in [2.75, 3.05) is 0 Å². The molecule has 0 aliphatic carbocycles. The Hall–Kier alpha value is -1.38. The molecule has 0 unspecified atom stereocenters. The van der Waals surface area contributed by atoms with Crippen molar-refractivity contribution in [2.45, 2.75) is 26.8 Å². The summed E-state index contributed by atoms with van der Waals surface area (Å²) in [5.74, 6) is -0.0265. The van der Waals surface area contributed by atoms with E-state index in [0.29, 0.717) is 6.54 Å². The number of amides is 1. The Labute approximate surface area is 78.2 Å². The Morgan fingerprint density at radius 1 is 1.54 bits per heavy atom. The molecule has 0 atom stereocenters. The molecule has 1 heterocycles. The molecule has 13 heavy (non-hydrogen) atoms. The summed E-state index contributed by atoms with van der Waals surface area (Å²) in [6.07, 6.45) is 2.84. The van der Waals surface area contributed by atoms with Crippen molar-refractivity contribution in [2.24, 2.45) is 0 Å². The normalized spacial score (nSPS) is 9.69. The smallest absolute Gasteiger partial charge is 0.217 e. The van der Waals surface area contributed by atoms with E-state index in [1.807, 2.05) is 18.3 Å². The summed E-state index contributed by atoms with van der Waals surface area (Å²) < 4.78 is 0. The predicted molar refractivity (Wildman–Crippen MR) is 51.1 cm³/mol. The van der Waals surface area contributed by atoms with Crippen molar-refractivity contribution in [1.29, 1.82) is 0 Å². The van der Waals surface area contributed by atoms with Gasteiger partial charge in [-0.05, 0) is 18.1 Å². The van der Waals surface area contributed by atoms with Crippen molar-refractivity contribution in [3.05, 3.63) is 29.6 Å². The monoisotopic (exact) mass is 178 g/mol. The molecule has 3 nitrogen and oxygen atoms in total. The fourth-order valence-corrected chi connectivity index (χ4v) is 0.984. The summed E-state index contributed by atoms with van der Waals surface area (Å²) in [6.45, 7) is 4.10. The molecule has 3 heteroatoms. The molecular formula is C10H14N2O. The molecule has 0 aromatic carbocycles. The molecule has 0 fully saturated rings. The summed E-state index contributed by atoms with van der Waals surface area (Å²) in [5, 5.41) is 2.70. The third-order valence-corrected chi connectivity index (χ3v) is 1.81. The molecule has 0 spiro atoms. The van der Waals surface area contributed by atoms with Crippen LogP contribution in [0.15, 0.2) is 18.3 Å². The number of pyridine rings is 1. The Kier molecular flexibility index (Phi) is 3.43. The van der Waals surface area contributed by atoms with E-state index in [4.69, 9.17) is 0 Å². The van der Waals surface area contributed by atoms with Gasteiger partial charge in [0.05, 0.1) is 12.2 Å². The number of hydrogen-bond donors (Lipinski definition) is 1. The van der Waals surface area contributed by atoms with Crippen molar-refractivity contribution in [1.82, 2.24) is 10.3 Å². The molecule has 1 aromatic heterocycles. The number of nitrogens with zero attached hydrogens (tertiary/aromatic N) is 1. The van der Waals surface area contributed by atoms with E-state index in [1.165, 1.54) is 12.5 Å². The lowest BCUT2D eigenvalue weighted by atomic mass is 10.2. The Bertz CT molecular complexity index is 279. The van der Waals surface area contributed by atoms with Crippen LogP contribution in [0.4, 0.5) is 0 Å². The molecular weight excluding hydrogens is 164 g/mol. The van der Waals surface area contributed by atoms with Crippen LogP contribution >= 0.6 is 0 Å². The van der Waals surface area contributed by atoms with Gasteiger partial charge >= 0.3 is 0 Å². The van der Waals surface area contributed by atoms with Crippen LogP contribution < -0.4 is 5.32 Å². The van der Waals surface area contributed by atoms with Crippen molar-refractivity contribution < 1.29 is 4.79 Å². The largest absolute Gasteiger partial charge is 0.351 e. The summed E-state index contributed by atoms with van der Waals surface area (Å²) in [6, 6.07) is 3.97. The number of hydrogen-bond acceptors (Lipinski definition) is 2. The SMILES string of the molecule is CCc1ccc(CNC(C)=O)nc1. The first-order valence-electron chi connectivity index (χ1n) is 4.40. The number of rotatable bonds is 3. The second-order valence-corrected chi connectivity index (χ2v) is 2.92. The predicted octanol–water partition coefficient (Wildman–Crippen LogP) is 1.28. The van der Waals surface area contributed by atoms with E-state index in [2.05, 4.69) is 17.2 Å². The van der Waals surface area contributed by atoms with Crippen molar-refractivity contribution in [3.63, 3.8) is 0 Å². The van der Waals surface area contributed by atoms with Gasteiger partial charge in [0.1, 0.15) is 0 Å². The lowest BCUT2D eigenvalue weighted by molar-refractivity contribution is -0.119. The second-order valence-electron chi connectivity index (χ2n) is 2.92. The first-order valence-corrected chi connectivity index (χ1v) is 4.40. The van der Waals surface area contributed by atoms with Gasteiger partial charge in [-0.2, -0.15) is 0 Å². The van der Waals surface area contributed by atoms with Crippen LogP contribution in [0.5, 0.6) is 0 Å². The van der Waals surface area contributed by atoms with Gasteiger partial charge in [0.25, 0.3) is 0 Å². The van der Waals surface area contributed by atoms with Gasteiger partial charge in [-0.15, -0.1) is 0 Å². The van der Waals surface area contributed by atoms with Crippen LogP contribution in [0.3, 0.4) is 0 Å². The minimum absolute atomic E-state index is 0.0265. The van der Waals surface area contributed by atoms with E-state index in [1.54, 1.807) is 0 Å². The summed E-state index contributed by atoms with van der Waals surface area (Å²) >= 11 is 0. The van der Waals surface area contributed by atoms with Crippen LogP contribution in [0, 0.1) is 0 Å². The zero-order chi connectivity index (χ0) is 9.68. The highest BCUT2D eigenvalue weighted by atomic mass is 16.1. The van der Waals surface area contributed by atoms with Gasteiger partial charge in [0.2, 0.25) is 5.91 Å². The highest BCUT2D eigenvalue weighted by Crippen LogP contribution is 2.00. The number of aryl methyl sites for hydroxylation is 1. The van der Waals surface area contributed by atoms with Gasteiger partial charge < -0.3 is 5.32 Å². The van der Waals surface area contributed by atoms with Crippen LogP contribution in [0.2, 0.25) is 0 Å². The van der Waals surface area contributed by atoms with Gasteiger partial charge in [0, 0.05) is 13.1 Å². The van der Waals surface area contributed by atoms with Crippen molar-refractivity contribution >= 4 is 5.91 Å². The van der Waals surface area contributed by atoms with Crippen molar-refractivity contribution in [3.8, 4) is 0 Å².